The number of carbonyl (C=O) groups is 1. The van der Waals surface area contributed by atoms with Crippen LogP contribution in [0.25, 0.3) is 5.69 Å². The minimum Gasteiger partial charge on any atom is -0.347 e. The van der Waals surface area contributed by atoms with E-state index in [1.807, 2.05) is 12.1 Å². The van der Waals surface area contributed by atoms with E-state index in [1.54, 1.807) is 23.0 Å². The maximum atomic E-state index is 13.1. The average molecular weight is 366 g/mol. The highest BCUT2D eigenvalue weighted by molar-refractivity contribution is 5.92. The van der Waals surface area contributed by atoms with E-state index in [1.165, 1.54) is 23.9 Å². The number of carbonyl (C=O) groups excluding carboxylic acids is 1. The number of hydrogen-bond donors (Lipinski definition) is 1. The molecule has 3 rings (SSSR count). The van der Waals surface area contributed by atoms with Crippen molar-refractivity contribution in [3.63, 3.8) is 0 Å². The summed E-state index contributed by atoms with van der Waals surface area (Å²) in [4.78, 5) is 18.9. The Balaban J connectivity index is 1.68. The lowest BCUT2D eigenvalue weighted by molar-refractivity contribution is 0.0944. The van der Waals surface area contributed by atoms with E-state index in [0.29, 0.717) is 17.9 Å². The summed E-state index contributed by atoms with van der Waals surface area (Å²) in [6, 6.07) is 14.1. The number of amides is 1. The first-order chi connectivity index (χ1) is 13.1. The van der Waals surface area contributed by atoms with Crippen LogP contribution in [0.1, 0.15) is 28.5 Å². The number of benzene rings is 2. The summed E-state index contributed by atoms with van der Waals surface area (Å²) in [7, 11) is 2.07. The third-order valence-corrected chi connectivity index (χ3v) is 4.41. The van der Waals surface area contributed by atoms with Crippen LogP contribution < -0.4 is 5.32 Å². The second kappa shape index (κ2) is 8.60. The van der Waals surface area contributed by atoms with Gasteiger partial charge in [-0.3, -0.25) is 9.36 Å². The zero-order valence-electron chi connectivity index (χ0n) is 15.5. The second-order valence-electron chi connectivity index (χ2n) is 6.46. The molecule has 1 aromatic heterocycles. The van der Waals surface area contributed by atoms with Crippen LogP contribution >= 0.6 is 0 Å². The van der Waals surface area contributed by atoms with Crippen molar-refractivity contribution in [3.8, 4) is 5.69 Å². The summed E-state index contributed by atoms with van der Waals surface area (Å²) in [6.45, 7) is 4.40. The number of nitrogens with one attached hydrogen (secondary N) is 1. The van der Waals surface area contributed by atoms with Crippen molar-refractivity contribution in [2.75, 3.05) is 13.6 Å². The molecule has 0 atom stereocenters. The van der Waals surface area contributed by atoms with Crippen molar-refractivity contribution in [1.82, 2.24) is 19.8 Å². The number of hydrogen-bond acceptors (Lipinski definition) is 3. The number of imidazole rings is 1. The topological polar surface area (TPSA) is 50.2 Å². The molecule has 0 aliphatic carbocycles. The van der Waals surface area contributed by atoms with Gasteiger partial charge in [0.1, 0.15) is 11.5 Å². The number of rotatable bonds is 7. The third-order valence-electron chi connectivity index (χ3n) is 4.41. The molecule has 140 valence electrons. The molecule has 1 N–H and O–H groups in total. The zero-order valence-corrected chi connectivity index (χ0v) is 15.5. The highest BCUT2D eigenvalue weighted by Gasteiger charge is 2.13. The van der Waals surface area contributed by atoms with E-state index < -0.39 is 0 Å². The number of nitrogens with zero attached hydrogens (tertiary/aromatic N) is 3. The van der Waals surface area contributed by atoms with Gasteiger partial charge in [0.05, 0.1) is 12.5 Å². The Morgan fingerprint density at radius 1 is 1.19 bits per heavy atom. The fraction of sp³-hybridized carbons (Fsp3) is 0.238. The first-order valence-electron chi connectivity index (χ1n) is 8.89. The number of halogens is 1. The normalized spacial score (nSPS) is 11.0. The fourth-order valence-electron chi connectivity index (χ4n) is 2.80. The SMILES string of the molecule is CCN(C)Cc1cccc(CNC(=O)c2cncn2-c2ccc(F)cc2)c1. The van der Waals surface area contributed by atoms with E-state index in [-0.39, 0.29) is 11.7 Å². The second-order valence-corrected chi connectivity index (χ2v) is 6.46. The van der Waals surface area contributed by atoms with Crippen LogP contribution in [0.4, 0.5) is 4.39 Å². The Labute approximate surface area is 158 Å². The summed E-state index contributed by atoms with van der Waals surface area (Å²) in [6.07, 6.45) is 3.05. The zero-order chi connectivity index (χ0) is 19.2. The van der Waals surface area contributed by atoms with E-state index in [4.69, 9.17) is 0 Å². The average Bonchev–Trinajstić information content (AvgIpc) is 3.17. The van der Waals surface area contributed by atoms with Gasteiger partial charge in [-0.05, 0) is 49.0 Å². The van der Waals surface area contributed by atoms with Crippen LogP contribution in [-0.4, -0.2) is 34.0 Å². The molecule has 0 radical (unpaired) electrons. The van der Waals surface area contributed by atoms with Gasteiger partial charge in [0, 0.05) is 18.8 Å². The summed E-state index contributed by atoms with van der Waals surface area (Å²) in [5.41, 5.74) is 3.34. The molecule has 6 heteroatoms. The minimum atomic E-state index is -0.321. The molecule has 1 heterocycles. The molecular formula is C21H23FN4O. The van der Waals surface area contributed by atoms with Gasteiger partial charge in [-0.2, -0.15) is 0 Å². The van der Waals surface area contributed by atoms with Crippen molar-refractivity contribution in [2.24, 2.45) is 0 Å². The fourth-order valence-corrected chi connectivity index (χ4v) is 2.80. The van der Waals surface area contributed by atoms with E-state index >= 15 is 0 Å². The summed E-state index contributed by atoms with van der Waals surface area (Å²) >= 11 is 0. The Bertz CT molecular complexity index is 905. The van der Waals surface area contributed by atoms with Crippen molar-refractivity contribution in [3.05, 3.63) is 83.7 Å². The first kappa shape index (κ1) is 18.8. The van der Waals surface area contributed by atoms with Gasteiger partial charge >= 0.3 is 0 Å². The molecule has 3 aromatic rings. The number of aromatic nitrogens is 2. The van der Waals surface area contributed by atoms with Crippen molar-refractivity contribution < 1.29 is 9.18 Å². The van der Waals surface area contributed by atoms with E-state index in [9.17, 15) is 9.18 Å². The highest BCUT2D eigenvalue weighted by atomic mass is 19.1. The van der Waals surface area contributed by atoms with Gasteiger partial charge in [0.2, 0.25) is 0 Å². The molecule has 0 spiro atoms. The first-order valence-corrected chi connectivity index (χ1v) is 8.89. The maximum Gasteiger partial charge on any atom is 0.270 e. The lowest BCUT2D eigenvalue weighted by Gasteiger charge is -2.14. The third kappa shape index (κ3) is 4.80. The maximum absolute atomic E-state index is 13.1. The van der Waals surface area contributed by atoms with Crippen LogP contribution in [0.5, 0.6) is 0 Å². The van der Waals surface area contributed by atoms with E-state index in [2.05, 4.69) is 41.3 Å². The predicted molar refractivity (Wildman–Crippen MR) is 103 cm³/mol. The molecule has 0 saturated carbocycles. The molecule has 0 saturated heterocycles. The van der Waals surface area contributed by atoms with Crippen molar-refractivity contribution in [2.45, 2.75) is 20.0 Å². The van der Waals surface area contributed by atoms with Crippen LogP contribution in [-0.2, 0) is 13.1 Å². The van der Waals surface area contributed by atoms with Gasteiger partial charge in [-0.15, -0.1) is 0 Å². The van der Waals surface area contributed by atoms with Crippen molar-refractivity contribution >= 4 is 5.91 Å². The molecule has 1 amide bonds. The lowest BCUT2D eigenvalue weighted by Crippen LogP contribution is -2.25. The van der Waals surface area contributed by atoms with Crippen LogP contribution in [0.2, 0.25) is 0 Å². The molecule has 27 heavy (non-hydrogen) atoms. The predicted octanol–water partition coefficient (Wildman–Crippen LogP) is 3.39. The molecular weight excluding hydrogens is 343 g/mol. The van der Waals surface area contributed by atoms with Crippen LogP contribution in [0, 0.1) is 5.82 Å². The summed E-state index contributed by atoms with van der Waals surface area (Å²) < 4.78 is 14.8. The van der Waals surface area contributed by atoms with Gasteiger partial charge < -0.3 is 10.2 Å². The van der Waals surface area contributed by atoms with Gasteiger partial charge in [-0.25, -0.2) is 9.37 Å². The highest BCUT2D eigenvalue weighted by Crippen LogP contribution is 2.13. The summed E-state index contributed by atoms with van der Waals surface area (Å²) in [5.74, 6) is -0.550. The molecule has 0 aliphatic heterocycles. The summed E-state index contributed by atoms with van der Waals surface area (Å²) in [5, 5.41) is 2.93. The van der Waals surface area contributed by atoms with E-state index in [0.717, 1.165) is 18.7 Å². The molecule has 5 nitrogen and oxygen atoms in total. The monoisotopic (exact) mass is 366 g/mol. The van der Waals surface area contributed by atoms with Gasteiger partial charge in [0.15, 0.2) is 0 Å². The molecule has 0 unspecified atom stereocenters. The van der Waals surface area contributed by atoms with Gasteiger partial charge in [0.25, 0.3) is 5.91 Å². The molecule has 0 aliphatic rings. The smallest absolute Gasteiger partial charge is 0.270 e. The molecule has 0 fully saturated rings. The molecule has 2 aromatic carbocycles. The Kier molecular flexibility index (Phi) is 5.98. The van der Waals surface area contributed by atoms with Gasteiger partial charge in [-0.1, -0.05) is 31.2 Å². The Hall–Kier alpha value is -2.99. The lowest BCUT2D eigenvalue weighted by atomic mass is 10.1. The van der Waals surface area contributed by atoms with Crippen LogP contribution in [0.3, 0.4) is 0 Å². The Morgan fingerprint density at radius 2 is 1.93 bits per heavy atom. The molecule has 0 bridgehead atoms. The van der Waals surface area contributed by atoms with Crippen LogP contribution in [0.15, 0.2) is 61.1 Å². The standard InChI is InChI=1S/C21H23FN4O/c1-3-25(2)14-17-6-4-5-16(11-17)12-24-21(27)20-13-23-15-26(20)19-9-7-18(22)8-10-19/h4-11,13,15H,3,12,14H2,1-2H3,(H,24,27). The van der Waals surface area contributed by atoms with Crippen molar-refractivity contribution in [1.29, 1.82) is 0 Å². The Morgan fingerprint density at radius 3 is 2.67 bits per heavy atom. The largest absolute Gasteiger partial charge is 0.347 e. The minimum absolute atomic E-state index is 0.229. The quantitative estimate of drug-likeness (QED) is 0.697.